The van der Waals surface area contributed by atoms with Crippen LogP contribution in [0.2, 0.25) is 0 Å². The summed E-state index contributed by atoms with van der Waals surface area (Å²) in [7, 11) is 1.83. The van der Waals surface area contributed by atoms with Crippen molar-refractivity contribution in [2.75, 3.05) is 26.7 Å². The zero-order chi connectivity index (χ0) is 22.3. The number of nitrogens with one attached hydrogen (secondary N) is 2. The topological polar surface area (TPSA) is 48.9 Å². The van der Waals surface area contributed by atoms with Gasteiger partial charge in [-0.3, -0.25) is 4.99 Å². The molecule has 0 spiro atoms. The Balaban J connectivity index is 0.00000512. The van der Waals surface area contributed by atoms with Crippen LogP contribution < -0.4 is 10.6 Å². The summed E-state index contributed by atoms with van der Waals surface area (Å²) in [6.45, 7) is 12.0. The maximum atomic E-state index is 5.87. The Morgan fingerprint density at radius 3 is 2.31 bits per heavy atom. The van der Waals surface area contributed by atoms with Crippen LogP contribution in [-0.4, -0.2) is 43.6 Å². The smallest absolute Gasteiger partial charge is 0.191 e. The third kappa shape index (κ3) is 11.3. The average Bonchev–Trinajstić information content (AvgIpc) is 2.80. The highest BCUT2D eigenvalue weighted by Gasteiger charge is 2.07. The third-order valence-electron chi connectivity index (χ3n) is 5.44. The molecule has 0 fully saturated rings. The van der Waals surface area contributed by atoms with Gasteiger partial charge in [0.05, 0.1) is 13.2 Å². The van der Waals surface area contributed by atoms with Gasteiger partial charge in [-0.15, -0.1) is 24.0 Å². The fraction of sp³-hybridized carbons (Fsp3) is 0.500. The second-order valence-electron chi connectivity index (χ2n) is 7.94. The Kier molecular flexibility index (Phi) is 15.0. The molecule has 0 radical (unpaired) electrons. The molecule has 0 aliphatic rings. The van der Waals surface area contributed by atoms with Crippen molar-refractivity contribution in [1.29, 1.82) is 0 Å². The van der Waals surface area contributed by atoms with E-state index in [0.717, 1.165) is 38.6 Å². The first kappa shape index (κ1) is 28.4. The standard InChI is InChI=1S/C26H40N4O.HI/c1-5-30(6-2)17-11-12-22(3)29-26(27-4)28-19-24-15-10-16-25(18-24)21-31-20-23-13-8-7-9-14-23;/h7-10,13-16,18,22H,5-6,11-12,17,19-21H2,1-4H3,(H2,27,28,29);1H. The van der Waals surface area contributed by atoms with E-state index in [1.54, 1.807) is 0 Å². The summed E-state index contributed by atoms with van der Waals surface area (Å²) in [6, 6.07) is 19.2. The van der Waals surface area contributed by atoms with Gasteiger partial charge in [-0.2, -0.15) is 0 Å². The number of hydrogen-bond acceptors (Lipinski definition) is 3. The minimum absolute atomic E-state index is 0. The molecule has 0 aliphatic heterocycles. The Bertz CT molecular complexity index is 765. The van der Waals surface area contributed by atoms with Gasteiger partial charge in [0.25, 0.3) is 0 Å². The fourth-order valence-electron chi connectivity index (χ4n) is 3.54. The van der Waals surface area contributed by atoms with Crippen LogP contribution in [0.3, 0.4) is 0 Å². The van der Waals surface area contributed by atoms with Crippen LogP contribution in [0.4, 0.5) is 0 Å². The molecule has 0 aromatic heterocycles. The molecule has 6 heteroatoms. The maximum absolute atomic E-state index is 5.87. The summed E-state index contributed by atoms with van der Waals surface area (Å²) in [5.41, 5.74) is 3.60. The van der Waals surface area contributed by atoms with Gasteiger partial charge >= 0.3 is 0 Å². The van der Waals surface area contributed by atoms with Crippen molar-refractivity contribution in [2.45, 2.75) is 59.4 Å². The maximum Gasteiger partial charge on any atom is 0.191 e. The Hall–Kier alpha value is -1.64. The summed E-state index contributed by atoms with van der Waals surface area (Å²) < 4.78 is 5.87. The van der Waals surface area contributed by atoms with Crippen LogP contribution in [0.1, 0.15) is 50.3 Å². The van der Waals surface area contributed by atoms with Gasteiger partial charge in [-0.05, 0) is 56.1 Å². The van der Waals surface area contributed by atoms with Crippen molar-refractivity contribution in [3.05, 3.63) is 71.3 Å². The quantitative estimate of drug-likeness (QED) is 0.204. The molecule has 0 aliphatic carbocycles. The number of guanidine groups is 1. The molecule has 2 rings (SSSR count). The largest absolute Gasteiger partial charge is 0.372 e. The molecule has 0 bridgehead atoms. The summed E-state index contributed by atoms with van der Waals surface area (Å²) in [4.78, 5) is 6.85. The van der Waals surface area contributed by atoms with E-state index in [1.807, 2.05) is 25.2 Å². The summed E-state index contributed by atoms with van der Waals surface area (Å²) in [6.07, 6.45) is 2.32. The van der Waals surface area contributed by atoms with E-state index in [9.17, 15) is 0 Å². The van der Waals surface area contributed by atoms with Crippen LogP contribution in [0.5, 0.6) is 0 Å². The van der Waals surface area contributed by atoms with E-state index in [4.69, 9.17) is 4.74 Å². The van der Waals surface area contributed by atoms with Gasteiger partial charge in [0.2, 0.25) is 0 Å². The molecule has 0 saturated heterocycles. The molecule has 2 N–H and O–H groups in total. The third-order valence-corrected chi connectivity index (χ3v) is 5.44. The number of rotatable bonds is 13. The summed E-state index contributed by atoms with van der Waals surface area (Å²) in [5, 5.41) is 6.94. The van der Waals surface area contributed by atoms with Gasteiger partial charge in [-0.25, -0.2) is 0 Å². The van der Waals surface area contributed by atoms with Crippen LogP contribution in [0.15, 0.2) is 59.6 Å². The second kappa shape index (κ2) is 16.9. The lowest BCUT2D eigenvalue weighted by Crippen LogP contribution is -2.42. The molecule has 1 atom stereocenters. The predicted octanol–water partition coefficient (Wildman–Crippen LogP) is 5.20. The van der Waals surface area contributed by atoms with Crippen LogP contribution >= 0.6 is 24.0 Å². The minimum atomic E-state index is 0. The molecule has 2 aromatic rings. The zero-order valence-electron chi connectivity index (χ0n) is 20.1. The first-order valence-corrected chi connectivity index (χ1v) is 11.5. The molecule has 2 aromatic carbocycles. The van der Waals surface area contributed by atoms with Crippen molar-refractivity contribution < 1.29 is 4.74 Å². The number of aliphatic imine (C=N–C) groups is 1. The Morgan fingerprint density at radius 1 is 0.969 bits per heavy atom. The van der Waals surface area contributed by atoms with Crippen molar-refractivity contribution >= 4 is 29.9 Å². The lowest BCUT2D eigenvalue weighted by atomic mass is 10.1. The summed E-state index contributed by atoms with van der Waals surface area (Å²) in [5.74, 6) is 0.848. The van der Waals surface area contributed by atoms with Crippen LogP contribution in [0.25, 0.3) is 0 Å². The molecule has 1 unspecified atom stereocenters. The van der Waals surface area contributed by atoms with Gasteiger partial charge in [0, 0.05) is 19.6 Å². The average molecular weight is 553 g/mol. The molecular weight excluding hydrogens is 511 g/mol. The highest BCUT2D eigenvalue weighted by molar-refractivity contribution is 14.0. The number of benzene rings is 2. The molecule has 0 heterocycles. The van der Waals surface area contributed by atoms with Crippen molar-refractivity contribution in [3.8, 4) is 0 Å². The highest BCUT2D eigenvalue weighted by atomic mass is 127. The van der Waals surface area contributed by atoms with Crippen molar-refractivity contribution in [2.24, 2.45) is 4.99 Å². The highest BCUT2D eigenvalue weighted by Crippen LogP contribution is 2.09. The lowest BCUT2D eigenvalue weighted by molar-refractivity contribution is 0.107. The Labute approximate surface area is 212 Å². The van der Waals surface area contributed by atoms with Gasteiger partial charge in [-0.1, -0.05) is 68.4 Å². The van der Waals surface area contributed by atoms with Crippen LogP contribution in [-0.2, 0) is 24.5 Å². The minimum Gasteiger partial charge on any atom is -0.372 e. The fourth-order valence-corrected chi connectivity index (χ4v) is 3.54. The molecule has 178 valence electrons. The monoisotopic (exact) mass is 552 g/mol. The number of ether oxygens (including phenoxy) is 1. The van der Waals surface area contributed by atoms with E-state index < -0.39 is 0 Å². The first-order chi connectivity index (χ1) is 15.1. The van der Waals surface area contributed by atoms with Gasteiger partial charge in [0.15, 0.2) is 5.96 Å². The van der Waals surface area contributed by atoms with Crippen molar-refractivity contribution in [1.82, 2.24) is 15.5 Å². The van der Waals surface area contributed by atoms with Crippen LogP contribution in [0, 0.1) is 0 Å². The first-order valence-electron chi connectivity index (χ1n) is 11.5. The predicted molar refractivity (Wildman–Crippen MR) is 147 cm³/mol. The lowest BCUT2D eigenvalue weighted by Gasteiger charge is -2.21. The molecule has 5 nitrogen and oxygen atoms in total. The van der Waals surface area contributed by atoms with E-state index in [-0.39, 0.29) is 24.0 Å². The molecule has 0 amide bonds. The number of hydrogen-bond donors (Lipinski definition) is 2. The molecule has 0 saturated carbocycles. The van der Waals surface area contributed by atoms with Gasteiger partial charge in [0.1, 0.15) is 0 Å². The van der Waals surface area contributed by atoms with E-state index in [1.165, 1.54) is 23.1 Å². The Morgan fingerprint density at radius 2 is 1.62 bits per heavy atom. The van der Waals surface area contributed by atoms with E-state index in [2.05, 4.69) is 77.7 Å². The van der Waals surface area contributed by atoms with Crippen molar-refractivity contribution in [3.63, 3.8) is 0 Å². The SMILES string of the molecule is CCN(CC)CCCC(C)NC(=NC)NCc1cccc(COCc2ccccc2)c1.I. The normalized spacial score (nSPS) is 12.3. The summed E-state index contributed by atoms with van der Waals surface area (Å²) >= 11 is 0. The number of halogens is 1. The van der Waals surface area contributed by atoms with Gasteiger partial charge < -0.3 is 20.3 Å². The number of nitrogens with zero attached hydrogens (tertiary/aromatic N) is 2. The molecular formula is C26H41IN4O. The van der Waals surface area contributed by atoms with E-state index >= 15 is 0 Å². The van der Waals surface area contributed by atoms with E-state index in [0.29, 0.717) is 19.3 Å². The second-order valence-corrected chi connectivity index (χ2v) is 7.94. The zero-order valence-corrected chi connectivity index (χ0v) is 22.5. The molecule has 32 heavy (non-hydrogen) atoms.